The first-order valence-electron chi connectivity index (χ1n) is 8.92. The number of carbonyl (C=O) groups is 1. The minimum absolute atomic E-state index is 0.0528. The number of amides is 1. The summed E-state index contributed by atoms with van der Waals surface area (Å²) in [6.07, 6.45) is 2.77. The zero-order valence-electron chi connectivity index (χ0n) is 15.3. The normalized spacial score (nSPS) is 27.2. The van der Waals surface area contributed by atoms with E-state index in [9.17, 15) is 18.3 Å². The molecule has 3 N–H and O–H groups in total. The zero-order valence-corrected chi connectivity index (χ0v) is 16.1. The second-order valence-electron chi connectivity index (χ2n) is 7.64. The quantitative estimate of drug-likeness (QED) is 0.796. The van der Waals surface area contributed by atoms with Crippen LogP contribution >= 0.6 is 0 Å². The molecular weight excluding hydrogens is 354 g/mol. The van der Waals surface area contributed by atoms with Gasteiger partial charge in [-0.1, -0.05) is 6.07 Å². The summed E-state index contributed by atoms with van der Waals surface area (Å²) in [6.45, 7) is 3.96. The molecule has 8 heteroatoms. The van der Waals surface area contributed by atoms with Crippen LogP contribution < -0.4 is 5.14 Å². The number of aliphatic hydroxyl groups excluding tert-OH is 1. The number of primary sulfonamides is 1. The van der Waals surface area contributed by atoms with E-state index in [-0.39, 0.29) is 28.9 Å². The van der Waals surface area contributed by atoms with Gasteiger partial charge in [0.1, 0.15) is 0 Å². The van der Waals surface area contributed by atoms with E-state index in [2.05, 4.69) is 4.90 Å². The first-order chi connectivity index (χ1) is 12.2. The number of hydrogen-bond donors (Lipinski definition) is 2. The predicted octanol–water partition coefficient (Wildman–Crippen LogP) is 0.561. The molecule has 144 valence electrons. The number of nitrogens with two attached hydrogens (primary N) is 1. The molecule has 0 saturated carbocycles. The van der Waals surface area contributed by atoms with E-state index in [0.717, 1.165) is 31.4 Å². The van der Waals surface area contributed by atoms with Crippen molar-refractivity contribution in [1.82, 2.24) is 9.80 Å². The van der Waals surface area contributed by atoms with Gasteiger partial charge in [-0.3, -0.25) is 4.79 Å². The SMILES string of the molecule is Cc1ccc(S(N)(=O)=O)cc1C(=O)N1CC[C@@]2(CO)CCCN(C)[C@@H]2C1. The molecule has 2 aliphatic heterocycles. The fourth-order valence-corrected chi connectivity index (χ4v) is 4.92. The molecule has 2 atom stereocenters. The molecule has 0 bridgehead atoms. The lowest BCUT2D eigenvalue weighted by atomic mass is 9.69. The second kappa shape index (κ2) is 6.92. The standard InChI is InChI=1S/C18H27N3O4S/c1-13-4-5-14(26(19,24)25)10-15(13)17(23)21-9-7-18(12-22)6-3-8-20(2)16(18)11-21/h4-5,10,16,22H,3,6-9,11-12H2,1-2H3,(H2,19,24,25)/t16-,18-/m1/s1. The Bertz CT molecular complexity index is 811. The molecule has 2 fully saturated rings. The van der Waals surface area contributed by atoms with Crippen LogP contribution in [0.1, 0.15) is 35.2 Å². The van der Waals surface area contributed by atoms with Crippen molar-refractivity contribution in [3.05, 3.63) is 29.3 Å². The van der Waals surface area contributed by atoms with Gasteiger partial charge in [-0.05, 0) is 57.5 Å². The Morgan fingerprint density at radius 1 is 1.35 bits per heavy atom. The van der Waals surface area contributed by atoms with Crippen molar-refractivity contribution in [1.29, 1.82) is 0 Å². The first-order valence-corrected chi connectivity index (χ1v) is 10.5. The van der Waals surface area contributed by atoms with Crippen LogP contribution in [0.2, 0.25) is 0 Å². The Balaban J connectivity index is 1.88. The molecule has 3 rings (SSSR count). The molecule has 1 aromatic rings. The van der Waals surface area contributed by atoms with Gasteiger partial charge in [0.15, 0.2) is 0 Å². The maximum Gasteiger partial charge on any atom is 0.254 e. The second-order valence-corrected chi connectivity index (χ2v) is 9.20. The van der Waals surface area contributed by atoms with Crippen LogP contribution in [-0.2, 0) is 10.0 Å². The van der Waals surface area contributed by atoms with Gasteiger partial charge in [-0.15, -0.1) is 0 Å². The van der Waals surface area contributed by atoms with Crippen LogP contribution in [-0.4, -0.2) is 68.6 Å². The van der Waals surface area contributed by atoms with Gasteiger partial charge in [0.05, 0.1) is 11.5 Å². The van der Waals surface area contributed by atoms with Crippen LogP contribution in [0.15, 0.2) is 23.1 Å². The highest BCUT2D eigenvalue weighted by atomic mass is 32.2. The highest BCUT2D eigenvalue weighted by Crippen LogP contribution is 2.41. The minimum Gasteiger partial charge on any atom is -0.396 e. The summed E-state index contributed by atoms with van der Waals surface area (Å²) in [5, 5.41) is 15.2. The van der Waals surface area contributed by atoms with Crippen molar-refractivity contribution in [2.45, 2.75) is 37.1 Å². The number of carbonyl (C=O) groups excluding carboxylic acids is 1. The van der Waals surface area contributed by atoms with Crippen LogP contribution in [0.5, 0.6) is 0 Å². The number of benzene rings is 1. The molecule has 0 aromatic heterocycles. The van der Waals surface area contributed by atoms with Gasteiger partial charge in [-0.25, -0.2) is 13.6 Å². The van der Waals surface area contributed by atoms with Crippen molar-refractivity contribution in [3.63, 3.8) is 0 Å². The number of likely N-dealkylation sites (tertiary alicyclic amines) is 2. The Kier molecular flexibility index (Phi) is 5.13. The van der Waals surface area contributed by atoms with E-state index in [0.29, 0.717) is 18.7 Å². The van der Waals surface area contributed by atoms with E-state index >= 15 is 0 Å². The summed E-state index contributed by atoms with van der Waals surface area (Å²) in [5.41, 5.74) is 0.936. The topological polar surface area (TPSA) is 104 Å². The van der Waals surface area contributed by atoms with Gasteiger partial charge in [0.2, 0.25) is 10.0 Å². The molecule has 1 aromatic carbocycles. The average Bonchev–Trinajstić information content (AvgIpc) is 2.60. The lowest BCUT2D eigenvalue weighted by Crippen LogP contribution is -2.62. The average molecular weight is 381 g/mol. The maximum absolute atomic E-state index is 13.1. The molecule has 0 radical (unpaired) electrons. The monoisotopic (exact) mass is 381 g/mol. The first kappa shape index (κ1) is 19.3. The summed E-state index contributed by atoms with van der Waals surface area (Å²) in [5.74, 6) is -0.182. The third-order valence-corrected chi connectivity index (χ3v) is 6.98. The number of piperidine rings is 2. The minimum atomic E-state index is -3.86. The van der Waals surface area contributed by atoms with Gasteiger partial charge in [0.25, 0.3) is 5.91 Å². The lowest BCUT2D eigenvalue weighted by Gasteiger charge is -2.53. The molecule has 0 aliphatic carbocycles. The predicted molar refractivity (Wildman–Crippen MR) is 98.2 cm³/mol. The van der Waals surface area contributed by atoms with Gasteiger partial charge in [-0.2, -0.15) is 0 Å². The Labute approximate surface area is 154 Å². The molecule has 7 nitrogen and oxygen atoms in total. The Morgan fingerprint density at radius 2 is 2.08 bits per heavy atom. The number of likely N-dealkylation sites (N-methyl/N-ethyl adjacent to an activating group) is 1. The zero-order chi connectivity index (χ0) is 19.1. The number of nitrogens with zero attached hydrogens (tertiary/aromatic N) is 2. The molecule has 0 unspecified atom stereocenters. The number of sulfonamides is 1. The molecule has 26 heavy (non-hydrogen) atoms. The molecule has 0 spiro atoms. The highest BCUT2D eigenvalue weighted by molar-refractivity contribution is 7.89. The van der Waals surface area contributed by atoms with E-state index in [4.69, 9.17) is 5.14 Å². The van der Waals surface area contributed by atoms with Gasteiger partial charge in [0, 0.05) is 30.1 Å². The van der Waals surface area contributed by atoms with E-state index < -0.39 is 10.0 Å². The van der Waals surface area contributed by atoms with E-state index in [1.807, 2.05) is 7.05 Å². The number of hydrogen-bond acceptors (Lipinski definition) is 5. The number of aliphatic hydroxyl groups is 1. The third-order valence-electron chi connectivity index (χ3n) is 6.07. The number of aryl methyl sites for hydroxylation is 1. The molecule has 2 saturated heterocycles. The Hall–Kier alpha value is -1.48. The summed E-state index contributed by atoms with van der Waals surface area (Å²) >= 11 is 0. The van der Waals surface area contributed by atoms with Crippen LogP contribution in [0.25, 0.3) is 0 Å². The summed E-state index contributed by atoms with van der Waals surface area (Å²) < 4.78 is 23.3. The summed E-state index contributed by atoms with van der Waals surface area (Å²) in [6, 6.07) is 4.51. The van der Waals surface area contributed by atoms with Crippen molar-refractivity contribution in [3.8, 4) is 0 Å². The number of rotatable bonds is 3. The van der Waals surface area contributed by atoms with Crippen molar-refractivity contribution >= 4 is 15.9 Å². The summed E-state index contributed by atoms with van der Waals surface area (Å²) in [7, 11) is -1.82. The van der Waals surface area contributed by atoms with Crippen molar-refractivity contribution in [2.24, 2.45) is 10.6 Å². The van der Waals surface area contributed by atoms with Gasteiger partial charge < -0.3 is 14.9 Å². The van der Waals surface area contributed by atoms with Crippen molar-refractivity contribution in [2.75, 3.05) is 33.3 Å². The molecular formula is C18H27N3O4S. The highest BCUT2D eigenvalue weighted by Gasteiger charge is 2.47. The fourth-order valence-electron chi connectivity index (χ4n) is 4.38. The lowest BCUT2D eigenvalue weighted by molar-refractivity contribution is -0.0601. The van der Waals surface area contributed by atoms with Gasteiger partial charge >= 0.3 is 0 Å². The number of fused-ring (bicyclic) bond motifs is 1. The molecule has 2 aliphatic rings. The molecule has 1 amide bonds. The smallest absolute Gasteiger partial charge is 0.254 e. The third kappa shape index (κ3) is 3.38. The summed E-state index contributed by atoms with van der Waals surface area (Å²) in [4.78, 5) is 17.0. The van der Waals surface area contributed by atoms with E-state index in [1.165, 1.54) is 12.1 Å². The fraction of sp³-hybridized carbons (Fsp3) is 0.611. The largest absolute Gasteiger partial charge is 0.396 e. The molecule has 2 heterocycles. The van der Waals surface area contributed by atoms with Crippen LogP contribution in [0.4, 0.5) is 0 Å². The van der Waals surface area contributed by atoms with Crippen molar-refractivity contribution < 1.29 is 18.3 Å². The van der Waals surface area contributed by atoms with E-state index in [1.54, 1.807) is 17.9 Å². The maximum atomic E-state index is 13.1. The Morgan fingerprint density at radius 3 is 2.73 bits per heavy atom. The van der Waals surface area contributed by atoms with Crippen LogP contribution in [0, 0.1) is 12.3 Å². The van der Waals surface area contributed by atoms with Crippen LogP contribution in [0.3, 0.4) is 0 Å².